The van der Waals surface area contributed by atoms with E-state index in [9.17, 15) is 18.0 Å². The van der Waals surface area contributed by atoms with Crippen LogP contribution in [0, 0.1) is 12.8 Å². The van der Waals surface area contributed by atoms with Gasteiger partial charge >= 0.3 is 6.18 Å². The molecule has 1 aromatic carbocycles. The normalized spacial score (nSPS) is 17.1. The van der Waals surface area contributed by atoms with Gasteiger partial charge < -0.3 is 0 Å². The third kappa shape index (κ3) is 2.57. The van der Waals surface area contributed by atoms with Crippen molar-refractivity contribution in [1.82, 2.24) is 0 Å². The molecule has 0 bridgehead atoms. The zero-order valence-electron chi connectivity index (χ0n) is 10.2. The number of Topliss-reactive ketones (excluding diaryl/α,β-unsaturated/α-hetero) is 1. The van der Waals surface area contributed by atoms with Gasteiger partial charge in [-0.2, -0.15) is 13.2 Å². The minimum Gasteiger partial charge on any atom is -0.294 e. The monoisotopic (exact) mass is 256 g/mol. The van der Waals surface area contributed by atoms with Gasteiger partial charge in [-0.05, 0) is 37.5 Å². The van der Waals surface area contributed by atoms with Crippen LogP contribution in [0.2, 0.25) is 0 Å². The molecule has 1 aromatic rings. The largest absolute Gasteiger partial charge is 0.416 e. The highest BCUT2D eigenvalue weighted by molar-refractivity contribution is 5.99. The molecule has 2 rings (SSSR count). The maximum absolute atomic E-state index is 12.5. The Morgan fingerprint density at radius 2 is 1.83 bits per heavy atom. The maximum Gasteiger partial charge on any atom is 0.416 e. The molecule has 1 aliphatic rings. The number of aryl methyl sites for hydroxylation is 1. The highest BCUT2D eigenvalue weighted by Gasteiger charge is 2.32. The lowest BCUT2D eigenvalue weighted by Gasteiger charge is -2.13. The summed E-state index contributed by atoms with van der Waals surface area (Å²) in [5, 5.41) is 0. The predicted octanol–water partition coefficient (Wildman–Crippen LogP) is 4.39. The van der Waals surface area contributed by atoms with E-state index in [-0.39, 0.29) is 11.7 Å². The summed E-state index contributed by atoms with van der Waals surface area (Å²) < 4.78 is 37.6. The summed E-state index contributed by atoms with van der Waals surface area (Å²) in [7, 11) is 0. The molecule has 0 aromatic heterocycles. The summed E-state index contributed by atoms with van der Waals surface area (Å²) >= 11 is 0. The Morgan fingerprint density at radius 1 is 1.22 bits per heavy atom. The molecule has 4 heteroatoms. The molecule has 18 heavy (non-hydrogen) atoms. The first-order valence-electron chi connectivity index (χ1n) is 6.11. The molecule has 0 amide bonds. The number of hydrogen-bond donors (Lipinski definition) is 0. The number of rotatable bonds is 2. The van der Waals surface area contributed by atoms with Gasteiger partial charge in [0.2, 0.25) is 0 Å². The van der Waals surface area contributed by atoms with Crippen LogP contribution in [-0.2, 0) is 6.18 Å². The number of carbonyl (C=O) groups is 1. The van der Waals surface area contributed by atoms with Crippen LogP contribution in [0.4, 0.5) is 13.2 Å². The Bertz CT molecular complexity index is 457. The summed E-state index contributed by atoms with van der Waals surface area (Å²) in [6.45, 7) is 1.57. The molecule has 1 saturated carbocycles. The number of benzene rings is 1. The highest BCUT2D eigenvalue weighted by Crippen LogP contribution is 2.33. The predicted molar refractivity (Wildman–Crippen MR) is 62.5 cm³/mol. The summed E-state index contributed by atoms with van der Waals surface area (Å²) in [6.07, 6.45) is -0.551. The second kappa shape index (κ2) is 4.75. The van der Waals surface area contributed by atoms with Gasteiger partial charge in [-0.1, -0.05) is 18.9 Å². The molecule has 1 fully saturated rings. The van der Waals surface area contributed by atoms with Crippen LogP contribution >= 0.6 is 0 Å². The van der Waals surface area contributed by atoms with E-state index in [0.717, 1.165) is 37.8 Å². The fourth-order valence-electron chi connectivity index (χ4n) is 2.52. The highest BCUT2D eigenvalue weighted by atomic mass is 19.4. The Labute approximate surface area is 104 Å². The van der Waals surface area contributed by atoms with Gasteiger partial charge in [-0.15, -0.1) is 0 Å². The molecule has 0 atom stereocenters. The Balaban J connectivity index is 2.27. The minimum atomic E-state index is -4.35. The topological polar surface area (TPSA) is 17.1 Å². The van der Waals surface area contributed by atoms with Crippen LogP contribution in [0.15, 0.2) is 18.2 Å². The molecule has 98 valence electrons. The van der Waals surface area contributed by atoms with Crippen molar-refractivity contribution in [2.45, 2.75) is 38.8 Å². The van der Waals surface area contributed by atoms with Crippen LogP contribution in [0.3, 0.4) is 0 Å². The summed E-state index contributed by atoms with van der Waals surface area (Å²) in [5.74, 6) is -0.000777. The molecule has 1 aliphatic carbocycles. The molecule has 0 spiro atoms. The Morgan fingerprint density at radius 3 is 2.33 bits per heavy atom. The second-order valence-electron chi connectivity index (χ2n) is 4.87. The minimum absolute atomic E-state index is 0.000404. The standard InChI is InChI=1S/C14H15F3O/c1-9-8-11(14(15,16)17)6-7-12(9)13(18)10-4-2-3-5-10/h6-8,10H,2-5H2,1H3. The summed E-state index contributed by atoms with van der Waals surface area (Å²) in [6, 6.07) is 3.37. The second-order valence-corrected chi connectivity index (χ2v) is 4.87. The molecule has 0 saturated heterocycles. The van der Waals surface area contributed by atoms with E-state index in [1.807, 2.05) is 0 Å². The zero-order chi connectivity index (χ0) is 13.3. The molecule has 0 radical (unpaired) electrons. The average molecular weight is 256 g/mol. The fraction of sp³-hybridized carbons (Fsp3) is 0.500. The lowest BCUT2D eigenvalue weighted by Crippen LogP contribution is -2.14. The van der Waals surface area contributed by atoms with E-state index in [1.54, 1.807) is 6.92 Å². The summed E-state index contributed by atoms with van der Waals surface area (Å²) in [5.41, 5.74) is 0.166. The quantitative estimate of drug-likeness (QED) is 0.717. The average Bonchev–Trinajstić information content (AvgIpc) is 2.80. The van der Waals surface area contributed by atoms with Crippen molar-refractivity contribution in [3.8, 4) is 0 Å². The first-order valence-corrected chi connectivity index (χ1v) is 6.11. The van der Waals surface area contributed by atoms with Gasteiger partial charge in [0.05, 0.1) is 5.56 Å². The Kier molecular flexibility index (Phi) is 3.46. The zero-order valence-corrected chi connectivity index (χ0v) is 10.2. The van der Waals surface area contributed by atoms with Gasteiger partial charge in [0, 0.05) is 11.5 Å². The van der Waals surface area contributed by atoms with Gasteiger partial charge in [0.15, 0.2) is 5.78 Å². The van der Waals surface area contributed by atoms with E-state index in [0.29, 0.717) is 11.1 Å². The number of hydrogen-bond acceptors (Lipinski definition) is 1. The van der Waals surface area contributed by atoms with Crippen molar-refractivity contribution in [3.05, 3.63) is 34.9 Å². The van der Waals surface area contributed by atoms with Gasteiger partial charge in [-0.25, -0.2) is 0 Å². The summed E-state index contributed by atoms with van der Waals surface area (Å²) in [4.78, 5) is 12.1. The van der Waals surface area contributed by atoms with E-state index in [4.69, 9.17) is 0 Å². The molecule has 0 unspecified atom stereocenters. The van der Waals surface area contributed by atoms with Crippen molar-refractivity contribution < 1.29 is 18.0 Å². The lowest BCUT2D eigenvalue weighted by atomic mass is 9.92. The van der Waals surface area contributed by atoms with E-state index in [2.05, 4.69) is 0 Å². The molecule has 1 nitrogen and oxygen atoms in total. The number of halogens is 3. The smallest absolute Gasteiger partial charge is 0.294 e. The van der Waals surface area contributed by atoms with Crippen molar-refractivity contribution in [2.75, 3.05) is 0 Å². The maximum atomic E-state index is 12.5. The van der Waals surface area contributed by atoms with Gasteiger partial charge in [0.1, 0.15) is 0 Å². The fourth-order valence-corrected chi connectivity index (χ4v) is 2.52. The SMILES string of the molecule is Cc1cc(C(F)(F)F)ccc1C(=O)C1CCCC1. The van der Waals surface area contributed by atoms with Crippen molar-refractivity contribution >= 4 is 5.78 Å². The number of ketones is 1. The van der Waals surface area contributed by atoms with Crippen molar-refractivity contribution in [2.24, 2.45) is 5.92 Å². The first-order chi connectivity index (χ1) is 8.39. The van der Waals surface area contributed by atoms with Crippen LogP contribution in [-0.4, -0.2) is 5.78 Å². The third-order valence-electron chi connectivity index (χ3n) is 3.55. The van der Waals surface area contributed by atoms with E-state index < -0.39 is 11.7 Å². The van der Waals surface area contributed by atoms with Gasteiger partial charge in [0.25, 0.3) is 0 Å². The third-order valence-corrected chi connectivity index (χ3v) is 3.55. The molecule has 0 N–H and O–H groups in total. The first kappa shape index (κ1) is 13.1. The molecular weight excluding hydrogens is 241 g/mol. The molecule has 0 aliphatic heterocycles. The number of alkyl halides is 3. The van der Waals surface area contributed by atoms with Crippen molar-refractivity contribution in [3.63, 3.8) is 0 Å². The number of carbonyl (C=O) groups excluding carboxylic acids is 1. The molecule has 0 heterocycles. The van der Waals surface area contributed by atoms with Crippen LogP contribution < -0.4 is 0 Å². The van der Waals surface area contributed by atoms with Gasteiger partial charge in [-0.3, -0.25) is 4.79 Å². The van der Waals surface area contributed by atoms with Crippen LogP contribution in [0.1, 0.15) is 47.2 Å². The van der Waals surface area contributed by atoms with Crippen LogP contribution in [0.5, 0.6) is 0 Å². The lowest BCUT2D eigenvalue weighted by molar-refractivity contribution is -0.137. The molecular formula is C14H15F3O. The van der Waals surface area contributed by atoms with Crippen LogP contribution in [0.25, 0.3) is 0 Å². The van der Waals surface area contributed by atoms with E-state index in [1.165, 1.54) is 6.07 Å². The van der Waals surface area contributed by atoms with Crippen molar-refractivity contribution in [1.29, 1.82) is 0 Å². The Hall–Kier alpha value is -1.32. The van der Waals surface area contributed by atoms with E-state index >= 15 is 0 Å².